The van der Waals surface area contributed by atoms with E-state index in [2.05, 4.69) is 41.3 Å². The molecule has 1 aliphatic rings. The Morgan fingerprint density at radius 2 is 2.19 bits per heavy atom. The largest absolute Gasteiger partial charge is 0.306 e. The fourth-order valence-electron chi connectivity index (χ4n) is 2.40. The van der Waals surface area contributed by atoms with Gasteiger partial charge >= 0.3 is 0 Å². The molecule has 0 saturated carbocycles. The number of pyridine rings is 1. The molecule has 0 aliphatic carbocycles. The Morgan fingerprint density at radius 3 is 2.88 bits per heavy atom. The van der Waals surface area contributed by atoms with E-state index in [0.29, 0.717) is 12.1 Å². The Balaban J connectivity index is 1.89. The first kappa shape index (κ1) is 11.6. The summed E-state index contributed by atoms with van der Waals surface area (Å²) >= 11 is 0. The maximum absolute atomic E-state index is 4.05. The van der Waals surface area contributed by atoms with Crippen molar-refractivity contribution in [2.75, 3.05) is 20.1 Å². The number of nitrogens with one attached hydrogen (secondary N) is 1. The van der Waals surface area contributed by atoms with Crippen LogP contribution in [0.2, 0.25) is 0 Å². The van der Waals surface area contributed by atoms with E-state index in [4.69, 9.17) is 0 Å². The zero-order valence-corrected chi connectivity index (χ0v) is 10.2. The van der Waals surface area contributed by atoms with Crippen LogP contribution in [0.1, 0.15) is 31.4 Å². The third-order valence-corrected chi connectivity index (χ3v) is 3.32. The van der Waals surface area contributed by atoms with Crippen LogP contribution in [-0.2, 0) is 0 Å². The summed E-state index contributed by atoms with van der Waals surface area (Å²) in [7, 11) is 2.20. The predicted molar refractivity (Wildman–Crippen MR) is 66.3 cm³/mol. The van der Waals surface area contributed by atoms with Gasteiger partial charge in [0.05, 0.1) is 0 Å². The van der Waals surface area contributed by atoms with E-state index < -0.39 is 0 Å². The molecule has 0 amide bonds. The molecule has 0 bridgehead atoms. The van der Waals surface area contributed by atoms with E-state index in [0.717, 1.165) is 6.54 Å². The number of rotatable bonds is 3. The van der Waals surface area contributed by atoms with Crippen LogP contribution in [0.3, 0.4) is 0 Å². The van der Waals surface area contributed by atoms with Gasteiger partial charge in [0.25, 0.3) is 0 Å². The molecule has 1 fully saturated rings. The lowest BCUT2D eigenvalue weighted by Gasteiger charge is -2.32. The fourth-order valence-corrected chi connectivity index (χ4v) is 2.40. The normalized spacial score (nSPS) is 24.2. The van der Waals surface area contributed by atoms with E-state index in [9.17, 15) is 0 Å². The van der Waals surface area contributed by atoms with Gasteiger partial charge in [-0.15, -0.1) is 0 Å². The molecule has 0 aromatic carbocycles. The second-order valence-corrected chi connectivity index (χ2v) is 4.77. The molecular formula is C13H21N3. The number of nitrogens with zero attached hydrogens (tertiary/aromatic N) is 2. The van der Waals surface area contributed by atoms with E-state index in [1.807, 2.05) is 12.4 Å². The highest BCUT2D eigenvalue weighted by Crippen LogP contribution is 2.15. The lowest BCUT2D eigenvalue weighted by Crippen LogP contribution is -2.44. The Hall–Kier alpha value is -0.930. The zero-order valence-electron chi connectivity index (χ0n) is 10.2. The first-order valence-electron chi connectivity index (χ1n) is 6.10. The molecule has 0 spiro atoms. The van der Waals surface area contributed by atoms with Crippen molar-refractivity contribution in [2.45, 2.75) is 31.8 Å². The van der Waals surface area contributed by atoms with E-state index in [-0.39, 0.29) is 0 Å². The lowest BCUT2D eigenvalue weighted by atomic mass is 10.0. The van der Waals surface area contributed by atoms with Crippen LogP contribution in [0.4, 0.5) is 0 Å². The number of hydrogen-bond acceptors (Lipinski definition) is 3. The van der Waals surface area contributed by atoms with Gasteiger partial charge in [0.1, 0.15) is 0 Å². The van der Waals surface area contributed by atoms with Gasteiger partial charge in [-0.2, -0.15) is 0 Å². The molecule has 1 saturated heterocycles. The summed E-state index contributed by atoms with van der Waals surface area (Å²) in [4.78, 5) is 6.45. The number of likely N-dealkylation sites (tertiary alicyclic amines) is 1. The minimum atomic E-state index is 0.416. The van der Waals surface area contributed by atoms with Gasteiger partial charge in [-0.1, -0.05) is 0 Å². The van der Waals surface area contributed by atoms with Gasteiger partial charge in [0, 0.05) is 31.0 Å². The van der Waals surface area contributed by atoms with Crippen LogP contribution in [0, 0.1) is 0 Å². The highest BCUT2D eigenvalue weighted by Gasteiger charge is 2.18. The van der Waals surface area contributed by atoms with Crippen LogP contribution < -0.4 is 5.32 Å². The minimum absolute atomic E-state index is 0.416. The Kier molecular flexibility index (Phi) is 3.91. The first-order chi connectivity index (χ1) is 7.75. The monoisotopic (exact) mass is 219 g/mol. The molecule has 88 valence electrons. The van der Waals surface area contributed by atoms with Gasteiger partial charge in [-0.3, -0.25) is 4.98 Å². The third-order valence-electron chi connectivity index (χ3n) is 3.32. The second kappa shape index (κ2) is 5.41. The van der Waals surface area contributed by atoms with E-state index in [1.165, 1.54) is 24.9 Å². The van der Waals surface area contributed by atoms with Crippen molar-refractivity contribution in [2.24, 2.45) is 0 Å². The number of likely N-dealkylation sites (N-methyl/N-ethyl adjacent to an activating group) is 1. The molecule has 1 unspecified atom stereocenters. The average molecular weight is 219 g/mol. The highest BCUT2D eigenvalue weighted by molar-refractivity contribution is 5.14. The van der Waals surface area contributed by atoms with E-state index >= 15 is 0 Å². The standard InChI is InChI=1S/C13H21N3/c1-11(12-5-7-14-8-6-12)15-13-4-3-9-16(2)10-13/h5-8,11,13,15H,3-4,9-10H2,1-2H3/t11-,13?/m1/s1. The van der Waals surface area contributed by atoms with E-state index in [1.54, 1.807) is 0 Å². The number of aromatic nitrogens is 1. The summed E-state index contributed by atoms with van der Waals surface area (Å²) in [5.74, 6) is 0. The smallest absolute Gasteiger partial charge is 0.0296 e. The van der Waals surface area contributed by atoms with Crippen molar-refractivity contribution in [3.05, 3.63) is 30.1 Å². The van der Waals surface area contributed by atoms with Crippen molar-refractivity contribution in [1.82, 2.24) is 15.2 Å². The topological polar surface area (TPSA) is 28.2 Å². The van der Waals surface area contributed by atoms with Gasteiger partial charge in [-0.25, -0.2) is 0 Å². The summed E-state index contributed by atoms with van der Waals surface area (Å²) in [5, 5.41) is 3.70. The van der Waals surface area contributed by atoms with Crippen molar-refractivity contribution in [3.63, 3.8) is 0 Å². The molecule has 16 heavy (non-hydrogen) atoms. The summed E-state index contributed by atoms with van der Waals surface area (Å²) in [5.41, 5.74) is 1.32. The third kappa shape index (κ3) is 3.03. The Labute approximate surface area is 97.9 Å². The maximum atomic E-state index is 4.05. The number of hydrogen-bond donors (Lipinski definition) is 1. The van der Waals surface area contributed by atoms with Crippen molar-refractivity contribution >= 4 is 0 Å². The second-order valence-electron chi connectivity index (χ2n) is 4.77. The SMILES string of the molecule is C[C@@H](NC1CCCN(C)C1)c1ccncc1. The van der Waals surface area contributed by atoms with Crippen molar-refractivity contribution < 1.29 is 0 Å². The quantitative estimate of drug-likeness (QED) is 0.840. The molecule has 1 N–H and O–H groups in total. The van der Waals surface area contributed by atoms with Crippen LogP contribution >= 0.6 is 0 Å². The zero-order chi connectivity index (χ0) is 11.4. The Morgan fingerprint density at radius 1 is 1.44 bits per heavy atom. The van der Waals surface area contributed by atoms with Crippen LogP contribution in [0.15, 0.2) is 24.5 Å². The highest BCUT2D eigenvalue weighted by atomic mass is 15.1. The van der Waals surface area contributed by atoms with Crippen LogP contribution in [0.5, 0.6) is 0 Å². The molecule has 2 atom stereocenters. The predicted octanol–water partition coefficient (Wildman–Crippen LogP) is 1.83. The average Bonchev–Trinajstić information content (AvgIpc) is 2.30. The molecule has 3 nitrogen and oxygen atoms in total. The minimum Gasteiger partial charge on any atom is -0.306 e. The molecule has 0 radical (unpaired) electrons. The lowest BCUT2D eigenvalue weighted by molar-refractivity contribution is 0.218. The fraction of sp³-hybridized carbons (Fsp3) is 0.615. The molecule has 2 rings (SSSR count). The summed E-state index contributed by atoms with van der Waals surface area (Å²) in [6, 6.07) is 5.22. The van der Waals surface area contributed by atoms with Gasteiger partial charge in [0.15, 0.2) is 0 Å². The number of piperidine rings is 1. The van der Waals surface area contributed by atoms with Crippen molar-refractivity contribution in [1.29, 1.82) is 0 Å². The van der Waals surface area contributed by atoms with Gasteiger partial charge < -0.3 is 10.2 Å². The first-order valence-corrected chi connectivity index (χ1v) is 6.10. The Bertz CT molecular complexity index is 312. The van der Waals surface area contributed by atoms with Crippen molar-refractivity contribution in [3.8, 4) is 0 Å². The van der Waals surface area contributed by atoms with Gasteiger partial charge in [0.2, 0.25) is 0 Å². The molecule has 2 heterocycles. The molecular weight excluding hydrogens is 198 g/mol. The molecule has 1 aromatic heterocycles. The van der Waals surface area contributed by atoms with Gasteiger partial charge in [-0.05, 0) is 51.1 Å². The summed E-state index contributed by atoms with van der Waals surface area (Å²) in [6.07, 6.45) is 6.32. The maximum Gasteiger partial charge on any atom is 0.0296 e. The molecule has 1 aliphatic heterocycles. The summed E-state index contributed by atoms with van der Waals surface area (Å²) in [6.45, 7) is 4.63. The van der Waals surface area contributed by atoms with Crippen LogP contribution in [-0.4, -0.2) is 36.1 Å². The van der Waals surface area contributed by atoms with Crippen LogP contribution in [0.25, 0.3) is 0 Å². The molecule has 1 aromatic rings. The summed E-state index contributed by atoms with van der Waals surface area (Å²) < 4.78 is 0. The molecule has 3 heteroatoms.